The molecule has 0 saturated heterocycles. The molecule has 1 aliphatic carbocycles. The monoisotopic (exact) mass is 160 g/mol. The Morgan fingerprint density at radius 3 is 3.00 bits per heavy atom. The standard InChI is InChI=1S/C12H16/c1-2-10-7-5-8-11-6-3-4-9-12(10)11/h3-4,6,9-10H,2,5,7-8H2,1H3. The van der Waals surface area contributed by atoms with Gasteiger partial charge in [0.2, 0.25) is 0 Å². The fourth-order valence-corrected chi connectivity index (χ4v) is 2.28. The van der Waals surface area contributed by atoms with Gasteiger partial charge in [-0.3, -0.25) is 0 Å². The molecule has 1 unspecified atom stereocenters. The van der Waals surface area contributed by atoms with Crippen LogP contribution in [-0.2, 0) is 6.42 Å². The maximum Gasteiger partial charge on any atom is -0.0162 e. The van der Waals surface area contributed by atoms with Crippen molar-refractivity contribution in [1.82, 2.24) is 0 Å². The molecule has 1 aromatic rings. The quantitative estimate of drug-likeness (QED) is 0.589. The summed E-state index contributed by atoms with van der Waals surface area (Å²) in [7, 11) is 0. The lowest BCUT2D eigenvalue weighted by atomic mass is 9.81. The minimum atomic E-state index is 0.843. The maximum absolute atomic E-state index is 2.31. The van der Waals surface area contributed by atoms with Gasteiger partial charge in [-0.1, -0.05) is 31.2 Å². The van der Waals surface area contributed by atoms with Gasteiger partial charge in [0.1, 0.15) is 0 Å². The number of hydrogen-bond acceptors (Lipinski definition) is 0. The van der Waals surface area contributed by atoms with E-state index in [1.807, 2.05) is 0 Å². The maximum atomic E-state index is 2.31. The van der Waals surface area contributed by atoms with E-state index in [9.17, 15) is 0 Å². The Morgan fingerprint density at radius 1 is 1.33 bits per heavy atom. The van der Waals surface area contributed by atoms with Crippen molar-refractivity contribution in [3.63, 3.8) is 0 Å². The SMILES string of the molecule is CCC1CCCc2ccccc21. The van der Waals surface area contributed by atoms with Crippen molar-refractivity contribution in [2.75, 3.05) is 0 Å². The molecule has 0 spiro atoms. The summed E-state index contributed by atoms with van der Waals surface area (Å²) in [4.78, 5) is 0. The third-order valence-corrected chi connectivity index (χ3v) is 2.99. The van der Waals surface area contributed by atoms with Crippen LogP contribution in [0, 0.1) is 0 Å². The number of hydrogen-bond donors (Lipinski definition) is 0. The van der Waals surface area contributed by atoms with Gasteiger partial charge in [0.25, 0.3) is 0 Å². The fourth-order valence-electron chi connectivity index (χ4n) is 2.28. The largest absolute Gasteiger partial charge is 0.0648 e. The highest BCUT2D eigenvalue weighted by molar-refractivity contribution is 5.32. The van der Waals surface area contributed by atoms with E-state index in [0.29, 0.717) is 0 Å². The van der Waals surface area contributed by atoms with Gasteiger partial charge in [-0.05, 0) is 42.7 Å². The summed E-state index contributed by atoms with van der Waals surface area (Å²) in [5.74, 6) is 0.843. The first-order valence-electron chi connectivity index (χ1n) is 4.99. The van der Waals surface area contributed by atoms with Crippen LogP contribution in [0.25, 0.3) is 0 Å². The van der Waals surface area contributed by atoms with E-state index in [2.05, 4.69) is 31.2 Å². The van der Waals surface area contributed by atoms with Crippen molar-refractivity contribution in [2.24, 2.45) is 0 Å². The van der Waals surface area contributed by atoms with Crippen molar-refractivity contribution in [1.29, 1.82) is 0 Å². The second-order valence-corrected chi connectivity index (χ2v) is 3.70. The van der Waals surface area contributed by atoms with E-state index in [4.69, 9.17) is 0 Å². The molecular weight excluding hydrogens is 144 g/mol. The lowest BCUT2D eigenvalue weighted by molar-refractivity contribution is 0.540. The molecule has 0 nitrogen and oxygen atoms in total. The Morgan fingerprint density at radius 2 is 2.17 bits per heavy atom. The minimum absolute atomic E-state index is 0.843. The second-order valence-electron chi connectivity index (χ2n) is 3.70. The average molecular weight is 160 g/mol. The van der Waals surface area contributed by atoms with E-state index in [0.717, 1.165) is 5.92 Å². The average Bonchev–Trinajstić information content (AvgIpc) is 2.17. The van der Waals surface area contributed by atoms with Gasteiger partial charge in [-0.25, -0.2) is 0 Å². The third-order valence-electron chi connectivity index (χ3n) is 2.99. The molecule has 0 heteroatoms. The first-order valence-corrected chi connectivity index (χ1v) is 4.99. The molecule has 0 aromatic heterocycles. The Labute approximate surface area is 74.6 Å². The van der Waals surface area contributed by atoms with Crippen LogP contribution in [0.15, 0.2) is 24.3 Å². The number of fused-ring (bicyclic) bond motifs is 1. The summed E-state index contributed by atoms with van der Waals surface area (Å²) < 4.78 is 0. The van der Waals surface area contributed by atoms with Crippen molar-refractivity contribution < 1.29 is 0 Å². The normalized spacial score (nSPS) is 21.9. The summed E-state index contributed by atoms with van der Waals surface area (Å²) in [5, 5.41) is 0. The highest BCUT2D eigenvalue weighted by Crippen LogP contribution is 2.33. The summed E-state index contributed by atoms with van der Waals surface area (Å²) in [5.41, 5.74) is 3.21. The second kappa shape index (κ2) is 3.30. The molecule has 0 radical (unpaired) electrons. The zero-order valence-corrected chi connectivity index (χ0v) is 7.72. The first-order chi connectivity index (χ1) is 5.92. The van der Waals surface area contributed by atoms with Gasteiger partial charge in [0.05, 0.1) is 0 Å². The Balaban J connectivity index is 2.37. The molecule has 0 N–H and O–H groups in total. The minimum Gasteiger partial charge on any atom is -0.0648 e. The zero-order valence-electron chi connectivity index (χ0n) is 7.72. The van der Waals surface area contributed by atoms with Gasteiger partial charge in [0.15, 0.2) is 0 Å². The molecule has 1 aromatic carbocycles. The fraction of sp³-hybridized carbons (Fsp3) is 0.500. The predicted octanol–water partition coefficient (Wildman–Crippen LogP) is 3.52. The Kier molecular flexibility index (Phi) is 2.16. The van der Waals surface area contributed by atoms with E-state index in [1.165, 1.54) is 25.7 Å². The lowest BCUT2D eigenvalue weighted by Crippen LogP contribution is -2.08. The van der Waals surface area contributed by atoms with Crippen molar-refractivity contribution in [3.05, 3.63) is 35.4 Å². The van der Waals surface area contributed by atoms with Crippen LogP contribution in [0.5, 0.6) is 0 Å². The van der Waals surface area contributed by atoms with E-state index in [1.54, 1.807) is 11.1 Å². The number of aryl methyl sites for hydroxylation is 1. The number of benzene rings is 1. The van der Waals surface area contributed by atoms with Gasteiger partial charge >= 0.3 is 0 Å². The van der Waals surface area contributed by atoms with Crippen molar-refractivity contribution >= 4 is 0 Å². The highest BCUT2D eigenvalue weighted by Gasteiger charge is 2.17. The summed E-state index contributed by atoms with van der Waals surface area (Å²) >= 11 is 0. The molecule has 64 valence electrons. The molecule has 0 saturated carbocycles. The molecule has 0 amide bonds. The van der Waals surface area contributed by atoms with Crippen molar-refractivity contribution in [2.45, 2.75) is 38.5 Å². The van der Waals surface area contributed by atoms with E-state index >= 15 is 0 Å². The molecule has 2 rings (SSSR count). The van der Waals surface area contributed by atoms with Crippen LogP contribution in [0.4, 0.5) is 0 Å². The summed E-state index contributed by atoms with van der Waals surface area (Å²) in [6, 6.07) is 8.93. The predicted molar refractivity (Wildman–Crippen MR) is 52.4 cm³/mol. The van der Waals surface area contributed by atoms with Crippen LogP contribution >= 0.6 is 0 Å². The van der Waals surface area contributed by atoms with Crippen LogP contribution in [0.1, 0.15) is 43.2 Å². The van der Waals surface area contributed by atoms with Gasteiger partial charge < -0.3 is 0 Å². The van der Waals surface area contributed by atoms with Crippen LogP contribution in [0.2, 0.25) is 0 Å². The van der Waals surface area contributed by atoms with Gasteiger partial charge in [-0.15, -0.1) is 0 Å². The highest BCUT2D eigenvalue weighted by atomic mass is 14.2. The first kappa shape index (κ1) is 7.85. The molecule has 1 atom stereocenters. The third kappa shape index (κ3) is 1.26. The molecule has 12 heavy (non-hydrogen) atoms. The van der Waals surface area contributed by atoms with E-state index in [-0.39, 0.29) is 0 Å². The molecule has 1 aliphatic rings. The summed E-state index contributed by atoms with van der Waals surface area (Å²) in [6.45, 7) is 2.30. The van der Waals surface area contributed by atoms with E-state index < -0.39 is 0 Å². The van der Waals surface area contributed by atoms with Crippen molar-refractivity contribution in [3.8, 4) is 0 Å². The number of rotatable bonds is 1. The van der Waals surface area contributed by atoms with Crippen LogP contribution in [-0.4, -0.2) is 0 Å². The molecule has 0 aliphatic heterocycles. The zero-order chi connectivity index (χ0) is 8.39. The topological polar surface area (TPSA) is 0 Å². The molecule has 0 fully saturated rings. The van der Waals surface area contributed by atoms with Crippen LogP contribution < -0.4 is 0 Å². The molecule has 0 heterocycles. The smallest absolute Gasteiger partial charge is 0.0162 e. The summed E-state index contributed by atoms with van der Waals surface area (Å²) in [6.07, 6.45) is 5.38. The Hall–Kier alpha value is -0.780. The lowest BCUT2D eigenvalue weighted by Gasteiger charge is -2.23. The molecular formula is C12H16. The Bertz CT molecular complexity index is 262. The van der Waals surface area contributed by atoms with Gasteiger partial charge in [0, 0.05) is 0 Å². The van der Waals surface area contributed by atoms with Crippen LogP contribution in [0.3, 0.4) is 0 Å². The molecule has 0 bridgehead atoms. The van der Waals surface area contributed by atoms with Gasteiger partial charge in [-0.2, -0.15) is 0 Å².